The lowest BCUT2D eigenvalue weighted by atomic mass is 10.2. The first kappa shape index (κ1) is 17.4. The fourth-order valence-corrected chi connectivity index (χ4v) is 3.57. The Labute approximate surface area is 147 Å². The highest BCUT2D eigenvalue weighted by atomic mass is 32.2. The van der Waals surface area contributed by atoms with Crippen molar-refractivity contribution in [3.05, 3.63) is 23.3 Å². The lowest BCUT2D eigenvalue weighted by Gasteiger charge is -2.18. The van der Waals surface area contributed by atoms with E-state index in [9.17, 15) is 0 Å². The molecule has 24 heavy (non-hydrogen) atoms. The van der Waals surface area contributed by atoms with E-state index in [1.807, 2.05) is 24.2 Å². The summed E-state index contributed by atoms with van der Waals surface area (Å²) in [5, 5.41) is 14.0. The second-order valence-corrected chi connectivity index (χ2v) is 7.17. The molecular formula is C16H26N6OS. The Kier molecular flexibility index (Phi) is 5.57. The summed E-state index contributed by atoms with van der Waals surface area (Å²) < 4.78 is 9.92. The van der Waals surface area contributed by atoms with Crippen LogP contribution in [0.2, 0.25) is 0 Å². The van der Waals surface area contributed by atoms with E-state index >= 15 is 0 Å². The number of aromatic nitrogens is 5. The molecule has 0 radical (unpaired) electrons. The average Bonchev–Trinajstić information content (AvgIpc) is 3.27. The highest BCUT2D eigenvalue weighted by Gasteiger charge is 2.21. The number of nitrogens with zero attached hydrogens (tertiary/aromatic N) is 6. The van der Waals surface area contributed by atoms with Gasteiger partial charge in [-0.25, -0.2) is 0 Å². The largest absolute Gasteiger partial charge is 0.376 e. The lowest BCUT2D eigenvalue weighted by molar-refractivity contribution is 0.0934. The Hall–Kier alpha value is -1.38. The summed E-state index contributed by atoms with van der Waals surface area (Å²) in [6.07, 6.45) is 6.54. The Morgan fingerprint density at radius 2 is 2.21 bits per heavy atom. The van der Waals surface area contributed by atoms with Crippen molar-refractivity contribution >= 4 is 11.8 Å². The first-order chi connectivity index (χ1) is 11.6. The van der Waals surface area contributed by atoms with Crippen molar-refractivity contribution in [2.45, 2.75) is 50.7 Å². The molecule has 0 aliphatic carbocycles. The van der Waals surface area contributed by atoms with Gasteiger partial charge in [0.05, 0.1) is 25.4 Å². The monoisotopic (exact) mass is 350 g/mol. The molecule has 1 atom stereocenters. The van der Waals surface area contributed by atoms with E-state index in [0.29, 0.717) is 0 Å². The molecular weight excluding hydrogens is 324 g/mol. The maximum Gasteiger partial charge on any atom is 0.191 e. The van der Waals surface area contributed by atoms with E-state index in [-0.39, 0.29) is 6.10 Å². The van der Waals surface area contributed by atoms with E-state index < -0.39 is 0 Å². The maximum absolute atomic E-state index is 5.79. The van der Waals surface area contributed by atoms with Gasteiger partial charge in [0.15, 0.2) is 5.16 Å². The van der Waals surface area contributed by atoms with Crippen LogP contribution < -0.4 is 0 Å². The summed E-state index contributed by atoms with van der Waals surface area (Å²) in [5.74, 6) is 0.999. The van der Waals surface area contributed by atoms with Crippen LogP contribution in [0.5, 0.6) is 0 Å². The molecule has 0 saturated carbocycles. The topological polar surface area (TPSA) is 61.0 Å². The van der Waals surface area contributed by atoms with E-state index in [1.54, 1.807) is 11.8 Å². The average molecular weight is 350 g/mol. The molecule has 8 heteroatoms. The molecule has 1 aliphatic rings. The first-order valence-corrected chi connectivity index (χ1v) is 9.54. The normalized spacial score (nSPS) is 18.0. The molecule has 132 valence electrons. The zero-order valence-electron chi connectivity index (χ0n) is 14.9. The van der Waals surface area contributed by atoms with Crippen LogP contribution in [0, 0.1) is 6.92 Å². The third-order valence-electron chi connectivity index (χ3n) is 4.57. The van der Waals surface area contributed by atoms with Gasteiger partial charge in [0, 0.05) is 31.5 Å². The van der Waals surface area contributed by atoms with Gasteiger partial charge in [-0.1, -0.05) is 11.8 Å². The molecule has 3 rings (SSSR count). The van der Waals surface area contributed by atoms with Crippen molar-refractivity contribution in [1.82, 2.24) is 29.4 Å². The van der Waals surface area contributed by atoms with Crippen LogP contribution in [-0.4, -0.2) is 55.5 Å². The minimum Gasteiger partial charge on any atom is -0.376 e. The van der Waals surface area contributed by atoms with Crippen LogP contribution in [0.3, 0.4) is 0 Å². The van der Waals surface area contributed by atoms with Crippen LogP contribution in [0.4, 0.5) is 0 Å². The highest BCUT2D eigenvalue weighted by molar-refractivity contribution is 7.98. The summed E-state index contributed by atoms with van der Waals surface area (Å²) in [4.78, 5) is 2.25. The predicted molar refractivity (Wildman–Crippen MR) is 93.9 cm³/mol. The van der Waals surface area contributed by atoms with Gasteiger partial charge in [-0.05, 0) is 33.1 Å². The minimum atomic E-state index is 0.288. The summed E-state index contributed by atoms with van der Waals surface area (Å²) in [7, 11) is 4.08. The van der Waals surface area contributed by atoms with Crippen molar-refractivity contribution in [2.75, 3.05) is 19.9 Å². The number of thioether (sulfide) groups is 1. The molecule has 2 aromatic heterocycles. The van der Waals surface area contributed by atoms with E-state index in [4.69, 9.17) is 4.74 Å². The van der Waals surface area contributed by atoms with E-state index in [0.717, 1.165) is 50.1 Å². The standard InChI is InChI=1S/C16H26N6OS/c1-12-13(8-17-21(12)3)9-20(2)11-15-18-19-16(24-4)22(15)10-14-6-5-7-23-14/h8,14H,5-7,9-11H2,1-4H3/t14-/m0/s1. The second-order valence-electron chi connectivity index (χ2n) is 6.40. The molecule has 0 unspecified atom stereocenters. The van der Waals surface area contributed by atoms with Crippen LogP contribution in [0.1, 0.15) is 29.9 Å². The number of hydrogen-bond acceptors (Lipinski definition) is 6. The Morgan fingerprint density at radius 1 is 1.38 bits per heavy atom. The fourth-order valence-electron chi connectivity index (χ4n) is 3.05. The van der Waals surface area contributed by atoms with Gasteiger partial charge in [-0.2, -0.15) is 5.10 Å². The maximum atomic E-state index is 5.79. The van der Waals surface area contributed by atoms with E-state index in [2.05, 4.69) is 38.7 Å². The molecule has 7 nitrogen and oxygen atoms in total. The van der Waals surface area contributed by atoms with E-state index in [1.165, 1.54) is 11.3 Å². The van der Waals surface area contributed by atoms with Gasteiger partial charge in [-0.3, -0.25) is 9.58 Å². The number of aryl methyl sites for hydroxylation is 1. The quantitative estimate of drug-likeness (QED) is 0.710. The van der Waals surface area contributed by atoms with Crippen molar-refractivity contribution in [2.24, 2.45) is 7.05 Å². The van der Waals surface area contributed by atoms with Gasteiger partial charge in [0.2, 0.25) is 0 Å². The van der Waals surface area contributed by atoms with Gasteiger partial charge < -0.3 is 9.30 Å². The van der Waals surface area contributed by atoms with Crippen molar-refractivity contribution < 1.29 is 4.74 Å². The molecule has 2 aromatic rings. The van der Waals surface area contributed by atoms with Crippen LogP contribution in [0.25, 0.3) is 0 Å². The third kappa shape index (κ3) is 3.81. The van der Waals surface area contributed by atoms with Gasteiger partial charge in [0.1, 0.15) is 5.82 Å². The molecule has 0 aromatic carbocycles. The SMILES string of the molecule is CSc1nnc(CN(C)Cc2cnn(C)c2C)n1C[C@@H]1CCCO1. The van der Waals surface area contributed by atoms with Crippen molar-refractivity contribution in [3.8, 4) is 0 Å². The molecule has 3 heterocycles. The van der Waals surface area contributed by atoms with Crippen LogP contribution >= 0.6 is 11.8 Å². The number of hydrogen-bond donors (Lipinski definition) is 0. The highest BCUT2D eigenvalue weighted by Crippen LogP contribution is 2.20. The van der Waals surface area contributed by atoms with Crippen molar-refractivity contribution in [1.29, 1.82) is 0 Å². The van der Waals surface area contributed by atoms with Crippen LogP contribution in [0.15, 0.2) is 11.4 Å². The number of ether oxygens (including phenoxy) is 1. The summed E-state index contributed by atoms with van der Waals surface area (Å²) in [6, 6.07) is 0. The van der Waals surface area contributed by atoms with Gasteiger partial charge in [0.25, 0.3) is 0 Å². The minimum absolute atomic E-state index is 0.288. The zero-order valence-corrected chi connectivity index (χ0v) is 15.7. The summed E-state index contributed by atoms with van der Waals surface area (Å²) in [6.45, 7) is 5.42. The Balaban J connectivity index is 1.69. The Bertz CT molecular complexity index is 676. The lowest BCUT2D eigenvalue weighted by Crippen LogP contribution is -2.23. The predicted octanol–water partition coefficient (Wildman–Crippen LogP) is 1.85. The number of rotatable bonds is 7. The van der Waals surface area contributed by atoms with Crippen LogP contribution in [-0.2, 0) is 31.4 Å². The molecule has 1 aliphatic heterocycles. The van der Waals surface area contributed by atoms with Gasteiger partial charge in [-0.15, -0.1) is 10.2 Å². The molecule has 1 fully saturated rings. The molecule has 0 bridgehead atoms. The summed E-state index contributed by atoms with van der Waals surface area (Å²) in [5.41, 5.74) is 2.45. The van der Waals surface area contributed by atoms with Gasteiger partial charge >= 0.3 is 0 Å². The third-order valence-corrected chi connectivity index (χ3v) is 5.24. The van der Waals surface area contributed by atoms with Crippen molar-refractivity contribution in [3.63, 3.8) is 0 Å². The summed E-state index contributed by atoms with van der Waals surface area (Å²) >= 11 is 1.64. The fraction of sp³-hybridized carbons (Fsp3) is 0.688. The smallest absolute Gasteiger partial charge is 0.191 e. The first-order valence-electron chi connectivity index (χ1n) is 8.32. The second kappa shape index (κ2) is 7.67. The molecule has 1 saturated heterocycles. The molecule has 0 spiro atoms. The Morgan fingerprint density at radius 3 is 2.83 bits per heavy atom. The molecule has 0 amide bonds. The zero-order chi connectivity index (χ0) is 17.1. The molecule has 0 N–H and O–H groups in total.